The maximum Gasteiger partial charge on any atom is 0.316 e. The number of ether oxygens (including phenoxy) is 1. The van der Waals surface area contributed by atoms with Crippen molar-refractivity contribution in [1.29, 1.82) is 5.26 Å². The van der Waals surface area contributed by atoms with E-state index < -0.39 is 0 Å². The van der Waals surface area contributed by atoms with Crippen molar-refractivity contribution < 1.29 is 9.53 Å². The molecule has 0 bridgehead atoms. The van der Waals surface area contributed by atoms with Gasteiger partial charge in [0.05, 0.1) is 18.2 Å². The third-order valence-corrected chi connectivity index (χ3v) is 2.80. The van der Waals surface area contributed by atoms with E-state index in [4.69, 9.17) is 10.00 Å². The van der Waals surface area contributed by atoms with Gasteiger partial charge in [-0.2, -0.15) is 5.26 Å². The van der Waals surface area contributed by atoms with Crippen molar-refractivity contribution in [2.24, 2.45) is 0 Å². The molecule has 0 saturated heterocycles. The quantitative estimate of drug-likeness (QED) is 0.581. The highest BCUT2D eigenvalue weighted by Crippen LogP contribution is 2.17. The van der Waals surface area contributed by atoms with E-state index in [-0.39, 0.29) is 24.2 Å². The van der Waals surface area contributed by atoms with E-state index in [1.54, 1.807) is 6.92 Å². The number of thioether (sulfide) groups is 1. The van der Waals surface area contributed by atoms with Gasteiger partial charge in [0, 0.05) is 4.90 Å². The number of esters is 1. The van der Waals surface area contributed by atoms with Crippen molar-refractivity contribution in [3.63, 3.8) is 0 Å². The van der Waals surface area contributed by atoms with Crippen molar-refractivity contribution in [2.45, 2.75) is 24.3 Å². The van der Waals surface area contributed by atoms with Crippen LogP contribution in [-0.2, 0) is 9.53 Å². The van der Waals surface area contributed by atoms with Gasteiger partial charge >= 0.3 is 5.97 Å². The van der Waals surface area contributed by atoms with Crippen LogP contribution in [0.1, 0.15) is 13.3 Å². The van der Waals surface area contributed by atoms with E-state index in [1.807, 2.05) is 36.4 Å². The van der Waals surface area contributed by atoms with E-state index in [9.17, 15) is 4.79 Å². The van der Waals surface area contributed by atoms with Gasteiger partial charge in [-0.1, -0.05) is 18.2 Å². The summed E-state index contributed by atoms with van der Waals surface area (Å²) in [5.41, 5.74) is 0. The smallest absolute Gasteiger partial charge is 0.316 e. The summed E-state index contributed by atoms with van der Waals surface area (Å²) in [6, 6.07) is 11.6. The predicted octanol–water partition coefficient (Wildman–Crippen LogP) is 2.62. The topological polar surface area (TPSA) is 50.1 Å². The number of benzene rings is 1. The molecule has 0 aliphatic heterocycles. The molecule has 1 aromatic carbocycles. The molecule has 0 spiro atoms. The second kappa shape index (κ2) is 6.91. The molecule has 0 N–H and O–H groups in total. The van der Waals surface area contributed by atoms with Crippen LogP contribution in [0.2, 0.25) is 0 Å². The molecule has 0 amide bonds. The maximum absolute atomic E-state index is 11.3. The first kappa shape index (κ1) is 12.6. The number of hydrogen-bond acceptors (Lipinski definition) is 4. The Balaban J connectivity index is 2.28. The number of carbonyl (C=O) groups excluding carboxylic acids is 1. The normalized spacial score (nSPS) is 11.5. The van der Waals surface area contributed by atoms with Crippen LogP contribution < -0.4 is 0 Å². The molecule has 0 aliphatic rings. The van der Waals surface area contributed by atoms with Gasteiger partial charge in [0.1, 0.15) is 6.10 Å². The van der Waals surface area contributed by atoms with Gasteiger partial charge in [0.25, 0.3) is 0 Å². The molecule has 1 rings (SSSR count). The Bertz CT molecular complexity index is 372. The molecule has 0 radical (unpaired) electrons. The zero-order valence-electron chi connectivity index (χ0n) is 9.05. The molecule has 1 atom stereocenters. The lowest BCUT2D eigenvalue weighted by Gasteiger charge is -2.09. The van der Waals surface area contributed by atoms with Crippen LogP contribution in [0.3, 0.4) is 0 Å². The van der Waals surface area contributed by atoms with Crippen LogP contribution in [0.15, 0.2) is 35.2 Å². The summed E-state index contributed by atoms with van der Waals surface area (Å²) < 4.78 is 5.03. The number of nitriles is 1. The summed E-state index contributed by atoms with van der Waals surface area (Å²) >= 11 is 1.43. The van der Waals surface area contributed by atoms with Crippen LogP contribution in [0, 0.1) is 11.3 Å². The van der Waals surface area contributed by atoms with E-state index in [0.29, 0.717) is 0 Å². The van der Waals surface area contributed by atoms with E-state index in [0.717, 1.165) is 4.90 Å². The standard InChI is InChI=1S/C12H13NO2S/c1-10(7-8-13)15-12(14)9-16-11-5-3-2-4-6-11/h2-6,10H,7,9H2,1H3/t10-/m1/s1. The van der Waals surface area contributed by atoms with Crippen LogP contribution in [0.5, 0.6) is 0 Å². The fourth-order valence-electron chi connectivity index (χ4n) is 1.09. The number of hydrogen-bond donors (Lipinski definition) is 0. The Morgan fingerprint density at radius 3 is 2.81 bits per heavy atom. The molecule has 4 heteroatoms. The summed E-state index contributed by atoms with van der Waals surface area (Å²) in [6.45, 7) is 1.72. The average molecular weight is 235 g/mol. The molecule has 0 aliphatic carbocycles. The highest BCUT2D eigenvalue weighted by Gasteiger charge is 2.09. The first-order valence-corrected chi connectivity index (χ1v) is 5.95. The van der Waals surface area contributed by atoms with Crippen molar-refractivity contribution in [3.05, 3.63) is 30.3 Å². The zero-order chi connectivity index (χ0) is 11.8. The van der Waals surface area contributed by atoms with Gasteiger partial charge in [-0.15, -0.1) is 11.8 Å². The minimum absolute atomic E-state index is 0.238. The Kier molecular flexibility index (Phi) is 5.44. The molecule has 0 fully saturated rings. The van der Waals surface area contributed by atoms with Crippen molar-refractivity contribution in [2.75, 3.05) is 5.75 Å². The molecule has 0 heterocycles. The molecule has 3 nitrogen and oxygen atoms in total. The molecule has 84 valence electrons. The molecule has 0 saturated carbocycles. The SMILES string of the molecule is C[C@H](CC#N)OC(=O)CSc1ccccc1. The fraction of sp³-hybridized carbons (Fsp3) is 0.333. The van der Waals surface area contributed by atoms with Crippen LogP contribution in [-0.4, -0.2) is 17.8 Å². The predicted molar refractivity (Wildman–Crippen MR) is 63.0 cm³/mol. The molecule has 0 aromatic heterocycles. The van der Waals surface area contributed by atoms with E-state index in [2.05, 4.69) is 0 Å². The largest absolute Gasteiger partial charge is 0.461 e. The molecular formula is C12H13NO2S. The second-order valence-electron chi connectivity index (χ2n) is 3.26. The van der Waals surface area contributed by atoms with Crippen molar-refractivity contribution in [3.8, 4) is 6.07 Å². The lowest BCUT2D eigenvalue weighted by molar-refractivity contribution is -0.144. The summed E-state index contributed by atoms with van der Waals surface area (Å²) in [6.07, 6.45) is -0.0873. The average Bonchev–Trinajstić information content (AvgIpc) is 2.28. The molecule has 1 aromatic rings. The minimum Gasteiger partial charge on any atom is -0.461 e. The highest BCUT2D eigenvalue weighted by molar-refractivity contribution is 8.00. The third kappa shape index (κ3) is 4.85. The number of nitrogens with zero attached hydrogens (tertiary/aromatic N) is 1. The fourth-order valence-corrected chi connectivity index (χ4v) is 1.79. The first-order chi connectivity index (χ1) is 7.72. The Hall–Kier alpha value is -1.47. The number of carbonyl (C=O) groups is 1. The molecule has 0 unspecified atom stereocenters. The van der Waals surface area contributed by atoms with Crippen LogP contribution in [0.25, 0.3) is 0 Å². The summed E-state index contributed by atoms with van der Waals surface area (Å²) in [4.78, 5) is 12.4. The highest BCUT2D eigenvalue weighted by atomic mass is 32.2. The maximum atomic E-state index is 11.3. The van der Waals surface area contributed by atoms with Gasteiger partial charge in [0.2, 0.25) is 0 Å². The Morgan fingerprint density at radius 1 is 1.50 bits per heavy atom. The first-order valence-electron chi connectivity index (χ1n) is 4.96. The number of rotatable bonds is 5. The summed E-state index contributed by atoms with van der Waals surface area (Å²) in [7, 11) is 0. The van der Waals surface area contributed by atoms with Crippen molar-refractivity contribution in [1.82, 2.24) is 0 Å². The third-order valence-electron chi connectivity index (χ3n) is 1.81. The monoisotopic (exact) mass is 235 g/mol. The molecular weight excluding hydrogens is 222 g/mol. The van der Waals surface area contributed by atoms with Gasteiger partial charge in [0.15, 0.2) is 0 Å². The van der Waals surface area contributed by atoms with Gasteiger partial charge in [-0.3, -0.25) is 4.79 Å². The lowest BCUT2D eigenvalue weighted by atomic mass is 10.3. The van der Waals surface area contributed by atoms with E-state index in [1.165, 1.54) is 11.8 Å². The van der Waals surface area contributed by atoms with Crippen molar-refractivity contribution >= 4 is 17.7 Å². The van der Waals surface area contributed by atoms with Gasteiger partial charge in [-0.25, -0.2) is 0 Å². The second-order valence-corrected chi connectivity index (χ2v) is 4.31. The van der Waals surface area contributed by atoms with Crippen LogP contribution >= 0.6 is 11.8 Å². The molecule has 16 heavy (non-hydrogen) atoms. The van der Waals surface area contributed by atoms with Gasteiger partial charge < -0.3 is 4.74 Å². The van der Waals surface area contributed by atoms with Gasteiger partial charge in [-0.05, 0) is 19.1 Å². The summed E-state index contributed by atoms with van der Waals surface area (Å²) in [5, 5.41) is 8.41. The van der Waals surface area contributed by atoms with E-state index >= 15 is 0 Å². The summed E-state index contributed by atoms with van der Waals surface area (Å²) in [5.74, 6) is -0.00336. The Labute approximate surface area is 99.4 Å². The lowest BCUT2D eigenvalue weighted by Crippen LogP contribution is -2.15. The Morgan fingerprint density at radius 2 is 2.19 bits per heavy atom. The van der Waals surface area contributed by atoms with Crippen LogP contribution in [0.4, 0.5) is 0 Å². The minimum atomic E-state index is -0.325. The zero-order valence-corrected chi connectivity index (χ0v) is 9.87.